The molecule has 0 aliphatic rings. The number of hydrogen-bond acceptors (Lipinski definition) is 3. The predicted octanol–water partition coefficient (Wildman–Crippen LogP) is 4.98. The fraction of sp³-hybridized carbons (Fsp3) is 0.688. The summed E-state index contributed by atoms with van der Waals surface area (Å²) >= 11 is 0. The third kappa shape index (κ3) is 6.38. The minimum absolute atomic E-state index is 0.0763. The van der Waals surface area contributed by atoms with Crippen LogP contribution in [0.25, 0.3) is 0 Å². The Bertz CT molecular complexity index is 413. The number of alkyl halides is 2. The van der Waals surface area contributed by atoms with Gasteiger partial charge in [0, 0.05) is 6.07 Å². The zero-order valence-electron chi connectivity index (χ0n) is 13.2. The molecule has 0 bridgehead atoms. The topological polar surface area (TPSA) is 31.4 Å². The van der Waals surface area contributed by atoms with E-state index < -0.39 is 6.61 Å². The molecule has 3 nitrogen and oxygen atoms in total. The molecular formula is C16H25F2NO2. The van der Waals surface area contributed by atoms with Crippen LogP contribution in [0.2, 0.25) is 0 Å². The Morgan fingerprint density at radius 3 is 2.48 bits per heavy atom. The van der Waals surface area contributed by atoms with Crippen molar-refractivity contribution in [1.82, 2.24) is 4.98 Å². The van der Waals surface area contributed by atoms with E-state index in [1.54, 1.807) is 12.1 Å². The summed E-state index contributed by atoms with van der Waals surface area (Å²) in [6.07, 6.45) is 3.11. The SMILES string of the molecule is CCCC[C@H](O[C@H](C)c1cccc(OC(F)F)n1)C(C)C. The van der Waals surface area contributed by atoms with Crippen LogP contribution in [0.4, 0.5) is 8.78 Å². The molecule has 0 spiro atoms. The van der Waals surface area contributed by atoms with E-state index >= 15 is 0 Å². The van der Waals surface area contributed by atoms with Crippen LogP contribution in [0, 0.1) is 5.92 Å². The summed E-state index contributed by atoms with van der Waals surface area (Å²) in [7, 11) is 0. The van der Waals surface area contributed by atoms with Gasteiger partial charge >= 0.3 is 6.61 Å². The van der Waals surface area contributed by atoms with E-state index in [-0.39, 0.29) is 18.1 Å². The fourth-order valence-electron chi connectivity index (χ4n) is 2.11. The smallest absolute Gasteiger partial charge is 0.388 e. The molecule has 2 atom stereocenters. The lowest BCUT2D eigenvalue weighted by atomic mass is 10.0. The Labute approximate surface area is 125 Å². The van der Waals surface area contributed by atoms with E-state index in [0.29, 0.717) is 11.6 Å². The van der Waals surface area contributed by atoms with Gasteiger partial charge in [-0.25, -0.2) is 4.98 Å². The molecule has 0 N–H and O–H groups in total. The highest BCUT2D eigenvalue weighted by Gasteiger charge is 2.19. The summed E-state index contributed by atoms with van der Waals surface area (Å²) in [6, 6.07) is 4.83. The van der Waals surface area contributed by atoms with Gasteiger partial charge in [-0.05, 0) is 25.3 Å². The monoisotopic (exact) mass is 301 g/mol. The Kier molecular flexibility index (Phi) is 7.57. The van der Waals surface area contributed by atoms with Gasteiger partial charge in [-0.15, -0.1) is 0 Å². The molecule has 0 aromatic carbocycles. The zero-order valence-corrected chi connectivity index (χ0v) is 13.2. The predicted molar refractivity (Wildman–Crippen MR) is 78.5 cm³/mol. The number of rotatable bonds is 9. The number of hydrogen-bond donors (Lipinski definition) is 0. The number of unbranched alkanes of at least 4 members (excludes halogenated alkanes) is 1. The van der Waals surface area contributed by atoms with E-state index in [1.807, 2.05) is 6.92 Å². The van der Waals surface area contributed by atoms with E-state index in [0.717, 1.165) is 19.3 Å². The first-order chi connectivity index (χ1) is 9.93. The molecule has 1 heterocycles. The molecule has 0 aliphatic heterocycles. The second-order valence-corrected chi connectivity index (χ2v) is 5.48. The van der Waals surface area contributed by atoms with Gasteiger partial charge < -0.3 is 9.47 Å². The van der Waals surface area contributed by atoms with E-state index in [9.17, 15) is 8.78 Å². The van der Waals surface area contributed by atoms with E-state index in [2.05, 4.69) is 30.5 Å². The lowest BCUT2D eigenvalue weighted by molar-refractivity contribution is -0.0550. The van der Waals surface area contributed by atoms with Gasteiger partial charge in [0.05, 0.1) is 17.9 Å². The maximum absolute atomic E-state index is 12.2. The first kappa shape index (κ1) is 17.8. The first-order valence-corrected chi connectivity index (χ1v) is 7.51. The lowest BCUT2D eigenvalue weighted by Crippen LogP contribution is -2.22. The number of nitrogens with zero attached hydrogens (tertiary/aromatic N) is 1. The van der Waals surface area contributed by atoms with Crippen molar-refractivity contribution in [2.24, 2.45) is 5.92 Å². The van der Waals surface area contributed by atoms with Crippen LogP contribution in [0.5, 0.6) is 5.88 Å². The van der Waals surface area contributed by atoms with Gasteiger partial charge in [0.2, 0.25) is 5.88 Å². The van der Waals surface area contributed by atoms with Crippen LogP contribution < -0.4 is 4.74 Å². The molecule has 0 fully saturated rings. The number of aromatic nitrogens is 1. The largest absolute Gasteiger partial charge is 0.417 e. The fourth-order valence-corrected chi connectivity index (χ4v) is 2.11. The average Bonchev–Trinajstić information content (AvgIpc) is 2.42. The molecule has 120 valence electrons. The van der Waals surface area contributed by atoms with E-state index in [1.165, 1.54) is 6.07 Å². The highest BCUT2D eigenvalue weighted by Crippen LogP contribution is 2.24. The molecule has 0 amide bonds. The van der Waals surface area contributed by atoms with Crippen LogP contribution in [0.3, 0.4) is 0 Å². The summed E-state index contributed by atoms with van der Waals surface area (Å²) in [5.41, 5.74) is 0.607. The normalized spacial score (nSPS) is 14.5. The molecule has 5 heteroatoms. The van der Waals surface area contributed by atoms with Crippen molar-refractivity contribution in [3.05, 3.63) is 23.9 Å². The van der Waals surface area contributed by atoms with Gasteiger partial charge in [0.15, 0.2) is 0 Å². The number of halogens is 2. The summed E-state index contributed by atoms with van der Waals surface area (Å²) in [5.74, 6) is 0.326. The van der Waals surface area contributed by atoms with Crippen molar-refractivity contribution >= 4 is 0 Å². The summed E-state index contributed by atoms with van der Waals surface area (Å²) < 4.78 is 34.8. The van der Waals surface area contributed by atoms with Crippen LogP contribution in [0.1, 0.15) is 58.8 Å². The minimum atomic E-state index is -2.86. The summed E-state index contributed by atoms with van der Waals surface area (Å²) in [5, 5.41) is 0. The highest BCUT2D eigenvalue weighted by molar-refractivity contribution is 5.17. The summed E-state index contributed by atoms with van der Waals surface area (Å²) in [6.45, 7) is 5.41. The van der Waals surface area contributed by atoms with Gasteiger partial charge in [0.1, 0.15) is 0 Å². The second-order valence-electron chi connectivity index (χ2n) is 5.48. The molecule has 21 heavy (non-hydrogen) atoms. The Morgan fingerprint density at radius 2 is 1.90 bits per heavy atom. The maximum Gasteiger partial charge on any atom is 0.388 e. The average molecular weight is 301 g/mol. The number of ether oxygens (including phenoxy) is 2. The maximum atomic E-state index is 12.2. The van der Waals surface area contributed by atoms with Gasteiger partial charge in [-0.2, -0.15) is 8.78 Å². The van der Waals surface area contributed by atoms with Crippen molar-refractivity contribution in [2.45, 2.75) is 65.8 Å². The lowest BCUT2D eigenvalue weighted by Gasteiger charge is -2.25. The third-order valence-corrected chi connectivity index (χ3v) is 3.34. The Hall–Kier alpha value is -1.23. The second kappa shape index (κ2) is 8.93. The molecule has 1 aromatic rings. The van der Waals surface area contributed by atoms with Crippen molar-refractivity contribution in [3.8, 4) is 5.88 Å². The van der Waals surface area contributed by atoms with Gasteiger partial charge in [-0.1, -0.05) is 39.7 Å². The zero-order chi connectivity index (χ0) is 15.8. The Morgan fingerprint density at radius 1 is 1.19 bits per heavy atom. The van der Waals surface area contributed by atoms with Crippen molar-refractivity contribution in [3.63, 3.8) is 0 Å². The highest BCUT2D eigenvalue weighted by atomic mass is 19.3. The van der Waals surface area contributed by atoms with Crippen LogP contribution >= 0.6 is 0 Å². The van der Waals surface area contributed by atoms with E-state index in [4.69, 9.17) is 4.74 Å². The third-order valence-electron chi connectivity index (χ3n) is 3.34. The molecule has 0 aliphatic carbocycles. The molecule has 1 aromatic heterocycles. The van der Waals surface area contributed by atoms with Crippen LogP contribution in [0.15, 0.2) is 18.2 Å². The van der Waals surface area contributed by atoms with Crippen LogP contribution in [-0.4, -0.2) is 17.7 Å². The first-order valence-electron chi connectivity index (χ1n) is 7.51. The quantitative estimate of drug-likeness (QED) is 0.645. The van der Waals surface area contributed by atoms with Crippen molar-refractivity contribution < 1.29 is 18.3 Å². The molecule has 0 radical (unpaired) electrons. The van der Waals surface area contributed by atoms with Crippen molar-refractivity contribution in [1.29, 1.82) is 0 Å². The van der Waals surface area contributed by atoms with Crippen molar-refractivity contribution in [2.75, 3.05) is 0 Å². The Balaban J connectivity index is 2.70. The molecule has 0 saturated heterocycles. The van der Waals surface area contributed by atoms with Gasteiger partial charge in [0.25, 0.3) is 0 Å². The molecular weight excluding hydrogens is 276 g/mol. The molecule has 0 unspecified atom stereocenters. The summed E-state index contributed by atoms with van der Waals surface area (Å²) in [4.78, 5) is 4.08. The van der Waals surface area contributed by atoms with Gasteiger partial charge in [-0.3, -0.25) is 0 Å². The molecule has 0 saturated carbocycles. The van der Waals surface area contributed by atoms with Crippen LogP contribution in [-0.2, 0) is 4.74 Å². The molecule has 1 rings (SSSR count). The standard InChI is InChI=1S/C16H25F2NO2/c1-5-6-9-14(11(2)3)20-12(4)13-8-7-10-15(19-13)21-16(17)18/h7-8,10-12,14,16H,5-6,9H2,1-4H3/t12-,14+/m1/s1. The number of pyridine rings is 1. The minimum Gasteiger partial charge on any atom is -0.417 e.